The fourth-order valence-corrected chi connectivity index (χ4v) is 4.91. The van der Waals surface area contributed by atoms with Gasteiger partial charge in [0.1, 0.15) is 6.04 Å². The van der Waals surface area contributed by atoms with Crippen molar-refractivity contribution in [2.75, 3.05) is 36.7 Å². The van der Waals surface area contributed by atoms with Gasteiger partial charge in [-0.15, -0.1) is 0 Å². The summed E-state index contributed by atoms with van der Waals surface area (Å²) in [6, 6.07) is 4.84. The summed E-state index contributed by atoms with van der Waals surface area (Å²) in [7, 11) is -3.59. The van der Waals surface area contributed by atoms with Gasteiger partial charge in [-0.25, -0.2) is 8.42 Å². The van der Waals surface area contributed by atoms with E-state index in [4.69, 9.17) is 0 Å². The molecular weight excluding hydrogens is 374 g/mol. The molecule has 1 heterocycles. The molecule has 0 aromatic heterocycles. The van der Waals surface area contributed by atoms with Crippen LogP contribution in [0.3, 0.4) is 0 Å². The number of aryl methyl sites for hydroxylation is 2. The van der Waals surface area contributed by atoms with Crippen molar-refractivity contribution in [2.45, 2.75) is 53.0 Å². The van der Waals surface area contributed by atoms with E-state index in [0.29, 0.717) is 12.2 Å². The lowest BCUT2D eigenvalue weighted by atomic mass is 9.99. The van der Waals surface area contributed by atoms with E-state index in [1.807, 2.05) is 32.0 Å². The number of anilines is 1. The third-order valence-corrected chi connectivity index (χ3v) is 6.74. The zero-order valence-corrected chi connectivity index (χ0v) is 18.7. The van der Waals surface area contributed by atoms with E-state index < -0.39 is 16.1 Å². The number of nitrogens with zero attached hydrogens (tertiary/aromatic N) is 2. The Morgan fingerprint density at radius 2 is 1.93 bits per heavy atom. The average molecular weight is 410 g/mol. The van der Waals surface area contributed by atoms with Crippen molar-refractivity contribution < 1.29 is 13.2 Å². The van der Waals surface area contributed by atoms with Gasteiger partial charge in [0, 0.05) is 6.54 Å². The van der Waals surface area contributed by atoms with Crippen molar-refractivity contribution in [3.05, 3.63) is 29.3 Å². The molecule has 2 rings (SSSR count). The second-order valence-electron chi connectivity index (χ2n) is 8.19. The zero-order valence-electron chi connectivity index (χ0n) is 17.9. The van der Waals surface area contributed by atoms with Crippen molar-refractivity contribution in [3.63, 3.8) is 0 Å². The number of amides is 1. The Bertz CT molecular complexity index is 771. The van der Waals surface area contributed by atoms with E-state index in [-0.39, 0.29) is 5.91 Å². The van der Waals surface area contributed by atoms with E-state index in [2.05, 4.69) is 17.1 Å². The maximum absolute atomic E-state index is 12.7. The fraction of sp³-hybridized carbons (Fsp3) is 0.667. The summed E-state index contributed by atoms with van der Waals surface area (Å²) in [6.45, 7) is 11.5. The molecule has 0 radical (unpaired) electrons. The summed E-state index contributed by atoms with van der Waals surface area (Å²) in [5.41, 5.74) is 2.35. The molecule has 1 atom stereocenters. The number of carbonyl (C=O) groups excluding carboxylic acids is 1. The number of piperidine rings is 1. The monoisotopic (exact) mass is 409 g/mol. The van der Waals surface area contributed by atoms with Gasteiger partial charge in [0.15, 0.2) is 0 Å². The van der Waals surface area contributed by atoms with Crippen LogP contribution in [-0.2, 0) is 14.8 Å². The summed E-state index contributed by atoms with van der Waals surface area (Å²) in [5.74, 6) is 0.544. The first-order chi connectivity index (χ1) is 13.1. The lowest BCUT2D eigenvalue weighted by Gasteiger charge is -2.31. The Hall–Kier alpha value is -1.60. The first kappa shape index (κ1) is 22.7. The molecule has 1 aromatic carbocycles. The molecule has 28 heavy (non-hydrogen) atoms. The van der Waals surface area contributed by atoms with Gasteiger partial charge < -0.3 is 10.2 Å². The van der Waals surface area contributed by atoms with E-state index in [1.165, 1.54) is 17.1 Å². The Kier molecular flexibility index (Phi) is 7.89. The standard InChI is InChI=1S/C21H35N3O3S/c1-16-9-13-23(14-10-16)12-6-11-22-21(25)19(4)24(28(5,26)27)20-15-17(2)7-8-18(20)3/h7-8,15-16,19H,6,9-14H2,1-5H3,(H,22,25)/t19-/m1/s1. The van der Waals surface area contributed by atoms with Crippen LogP contribution < -0.4 is 9.62 Å². The van der Waals surface area contributed by atoms with Crippen molar-refractivity contribution in [2.24, 2.45) is 5.92 Å². The molecule has 158 valence electrons. The predicted molar refractivity (Wildman–Crippen MR) is 115 cm³/mol. The highest BCUT2D eigenvalue weighted by atomic mass is 32.2. The molecule has 1 amide bonds. The van der Waals surface area contributed by atoms with Crippen molar-refractivity contribution in [1.29, 1.82) is 0 Å². The quantitative estimate of drug-likeness (QED) is 0.670. The van der Waals surface area contributed by atoms with Crippen LogP contribution in [0.4, 0.5) is 5.69 Å². The second-order valence-corrected chi connectivity index (χ2v) is 10.1. The predicted octanol–water partition coefficient (Wildman–Crippen LogP) is 2.70. The van der Waals surface area contributed by atoms with Crippen molar-refractivity contribution in [3.8, 4) is 0 Å². The van der Waals surface area contributed by atoms with Crippen LogP contribution in [0.5, 0.6) is 0 Å². The molecule has 1 saturated heterocycles. The summed E-state index contributed by atoms with van der Waals surface area (Å²) in [4.78, 5) is 15.1. The topological polar surface area (TPSA) is 69.7 Å². The molecule has 0 unspecified atom stereocenters. The number of carbonyl (C=O) groups is 1. The highest BCUT2D eigenvalue weighted by Gasteiger charge is 2.30. The van der Waals surface area contributed by atoms with Gasteiger partial charge in [0.2, 0.25) is 15.9 Å². The molecule has 6 nitrogen and oxygen atoms in total. The van der Waals surface area contributed by atoms with Gasteiger partial charge in [-0.05, 0) is 82.8 Å². The maximum atomic E-state index is 12.7. The first-order valence-electron chi connectivity index (χ1n) is 10.2. The number of hydrogen-bond acceptors (Lipinski definition) is 4. The van der Waals surface area contributed by atoms with Crippen LogP contribution in [0.1, 0.15) is 44.2 Å². The van der Waals surface area contributed by atoms with Crippen LogP contribution >= 0.6 is 0 Å². The summed E-state index contributed by atoms with van der Waals surface area (Å²) >= 11 is 0. The molecule has 1 aromatic rings. The number of sulfonamides is 1. The van der Waals surface area contributed by atoms with E-state index >= 15 is 0 Å². The van der Waals surface area contributed by atoms with Crippen LogP contribution in [0.2, 0.25) is 0 Å². The van der Waals surface area contributed by atoms with Crippen molar-refractivity contribution >= 4 is 21.6 Å². The lowest BCUT2D eigenvalue weighted by Crippen LogP contribution is -2.48. The normalized spacial score (nSPS) is 17.3. The van der Waals surface area contributed by atoms with Gasteiger partial charge in [-0.1, -0.05) is 19.1 Å². The number of likely N-dealkylation sites (tertiary alicyclic amines) is 1. The van der Waals surface area contributed by atoms with Crippen LogP contribution in [0, 0.1) is 19.8 Å². The number of rotatable bonds is 8. The Morgan fingerprint density at radius 1 is 1.29 bits per heavy atom. The minimum Gasteiger partial charge on any atom is -0.354 e. The number of hydrogen-bond donors (Lipinski definition) is 1. The minimum atomic E-state index is -3.59. The smallest absolute Gasteiger partial charge is 0.243 e. The van der Waals surface area contributed by atoms with Crippen LogP contribution in [0.15, 0.2) is 18.2 Å². The number of benzene rings is 1. The molecule has 0 spiro atoms. The molecular formula is C21H35N3O3S. The molecule has 0 bridgehead atoms. The van der Waals surface area contributed by atoms with Crippen LogP contribution in [0.25, 0.3) is 0 Å². The zero-order chi connectivity index (χ0) is 20.9. The van der Waals surface area contributed by atoms with Gasteiger partial charge in [-0.2, -0.15) is 0 Å². The summed E-state index contributed by atoms with van der Waals surface area (Å²) in [5, 5.41) is 2.92. The van der Waals surface area contributed by atoms with Crippen LogP contribution in [-0.4, -0.2) is 57.7 Å². The van der Waals surface area contributed by atoms with Gasteiger partial charge in [0.05, 0.1) is 11.9 Å². The molecule has 1 aliphatic heterocycles. The fourth-order valence-electron chi connectivity index (χ4n) is 3.69. The third-order valence-electron chi connectivity index (χ3n) is 5.52. The molecule has 0 saturated carbocycles. The highest BCUT2D eigenvalue weighted by Crippen LogP contribution is 2.26. The van der Waals surface area contributed by atoms with E-state index in [0.717, 1.165) is 49.4 Å². The van der Waals surface area contributed by atoms with Gasteiger partial charge >= 0.3 is 0 Å². The number of nitrogens with one attached hydrogen (secondary N) is 1. The Labute approximate surface area is 170 Å². The Balaban J connectivity index is 1.95. The second kappa shape index (κ2) is 9.74. The maximum Gasteiger partial charge on any atom is 0.243 e. The average Bonchev–Trinajstić information content (AvgIpc) is 2.62. The molecule has 1 N–H and O–H groups in total. The van der Waals surface area contributed by atoms with E-state index in [9.17, 15) is 13.2 Å². The SMILES string of the molecule is Cc1ccc(C)c(N([C@H](C)C(=O)NCCCN2CCC(C)CC2)S(C)(=O)=O)c1. The molecule has 1 fully saturated rings. The van der Waals surface area contributed by atoms with Crippen molar-refractivity contribution in [1.82, 2.24) is 10.2 Å². The summed E-state index contributed by atoms with van der Waals surface area (Å²) < 4.78 is 26.1. The molecule has 1 aliphatic rings. The third kappa shape index (κ3) is 6.21. The van der Waals surface area contributed by atoms with Gasteiger partial charge in [0.25, 0.3) is 0 Å². The highest BCUT2D eigenvalue weighted by molar-refractivity contribution is 7.92. The molecule has 7 heteroatoms. The summed E-state index contributed by atoms with van der Waals surface area (Å²) in [6.07, 6.45) is 4.50. The molecule has 0 aliphatic carbocycles. The lowest BCUT2D eigenvalue weighted by molar-refractivity contribution is -0.121. The Morgan fingerprint density at radius 3 is 2.54 bits per heavy atom. The van der Waals surface area contributed by atoms with Gasteiger partial charge in [-0.3, -0.25) is 9.10 Å². The first-order valence-corrected chi connectivity index (χ1v) is 12.0. The van der Waals surface area contributed by atoms with E-state index in [1.54, 1.807) is 6.92 Å². The minimum absolute atomic E-state index is 0.265. The largest absolute Gasteiger partial charge is 0.354 e.